The van der Waals surface area contributed by atoms with Crippen LogP contribution in [0.1, 0.15) is 28.4 Å². The number of amides is 3. The first-order chi connectivity index (χ1) is 11.8. The summed E-state index contributed by atoms with van der Waals surface area (Å²) >= 11 is 0. The van der Waals surface area contributed by atoms with E-state index in [0.29, 0.717) is 17.7 Å². The summed E-state index contributed by atoms with van der Waals surface area (Å²) in [5.74, 6) is -1.26. The first kappa shape index (κ1) is 18.2. The number of nitrogens with one attached hydrogen (secondary N) is 2. The second-order valence-electron chi connectivity index (χ2n) is 5.88. The van der Waals surface area contributed by atoms with E-state index in [-0.39, 0.29) is 5.91 Å². The molecule has 0 aromatic heterocycles. The van der Waals surface area contributed by atoms with Crippen LogP contribution in [0.4, 0.5) is 5.69 Å². The van der Waals surface area contributed by atoms with Gasteiger partial charge in [0.1, 0.15) is 6.04 Å². The average Bonchev–Trinajstić information content (AvgIpc) is 2.55. The molecule has 0 unspecified atom stereocenters. The Morgan fingerprint density at radius 3 is 2.36 bits per heavy atom. The maximum atomic E-state index is 12.4. The highest BCUT2D eigenvalue weighted by molar-refractivity contribution is 5.99. The molecule has 0 radical (unpaired) electrons. The van der Waals surface area contributed by atoms with E-state index in [9.17, 15) is 14.4 Å². The molecule has 0 spiro atoms. The summed E-state index contributed by atoms with van der Waals surface area (Å²) in [7, 11) is 0. The number of hydrogen-bond acceptors (Lipinski definition) is 3. The lowest BCUT2D eigenvalue weighted by Crippen LogP contribution is -2.45. The van der Waals surface area contributed by atoms with Gasteiger partial charge in [-0.05, 0) is 30.7 Å². The molecule has 4 N–H and O–H groups in total. The van der Waals surface area contributed by atoms with Gasteiger partial charge in [-0.25, -0.2) is 0 Å². The Hall–Kier alpha value is -3.15. The molecule has 2 rings (SSSR count). The lowest BCUT2D eigenvalue weighted by Gasteiger charge is -2.16. The van der Waals surface area contributed by atoms with E-state index in [0.717, 1.165) is 11.1 Å². The van der Waals surface area contributed by atoms with Gasteiger partial charge < -0.3 is 16.4 Å². The predicted molar refractivity (Wildman–Crippen MR) is 96.1 cm³/mol. The lowest BCUT2D eigenvalue weighted by atomic mass is 10.0. The molecule has 1 atom stereocenters. The summed E-state index contributed by atoms with van der Waals surface area (Å²) in [5, 5.41) is 5.26. The molecule has 0 saturated carbocycles. The molecule has 25 heavy (non-hydrogen) atoms. The third-order valence-corrected chi connectivity index (χ3v) is 3.65. The van der Waals surface area contributed by atoms with Crippen molar-refractivity contribution in [3.63, 3.8) is 0 Å². The molecule has 0 aliphatic rings. The zero-order valence-corrected chi connectivity index (χ0v) is 14.2. The third kappa shape index (κ3) is 5.46. The number of carbonyl (C=O) groups excluding carboxylic acids is 3. The number of hydrogen-bond donors (Lipinski definition) is 3. The van der Waals surface area contributed by atoms with E-state index in [1.807, 2.05) is 31.2 Å². The molecule has 3 amide bonds. The van der Waals surface area contributed by atoms with E-state index >= 15 is 0 Å². The first-order valence-electron chi connectivity index (χ1n) is 7.88. The van der Waals surface area contributed by atoms with Crippen molar-refractivity contribution in [1.82, 2.24) is 5.32 Å². The van der Waals surface area contributed by atoms with Gasteiger partial charge in [-0.1, -0.05) is 35.9 Å². The van der Waals surface area contributed by atoms with Crippen molar-refractivity contribution >= 4 is 23.4 Å². The van der Waals surface area contributed by atoms with Gasteiger partial charge >= 0.3 is 0 Å². The molecule has 130 valence electrons. The van der Waals surface area contributed by atoms with Crippen LogP contribution in [0.15, 0.2) is 48.5 Å². The summed E-state index contributed by atoms with van der Waals surface area (Å²) in [4.78, 5) is 35.2. The molecule has 2 aromatic carbocycles. The summed E-state index contributed by atoms with van der Waals surface area (Å²) < 4.78 is 0. The molecular weight excluding hydrogens is 318 g/mol. The second kappa shape index (κ2) is 8.10. The Morgan fingerprint density at radius 2 is 1.76 bits per heavy atom. The highest BCUT2D eigenvalue weighted by Crippen LogP contribution is 2.12. The van der Waals surface area contributed by atoms with Gasteiger partial charge in [-0.15, -0.1) is 0 Å². The monoisotopic (exact) mass is 339 g/mol. The first-order valence-corrected chi connectivity index (χ1v) is 7.88. The van der Waals surface area contributed by atoms with E-state index < -0.39 is 17.9 Å². The Kier molecular flexibility index (Phi) is 5.89. The van der Waals surface area contributed by atoms with Crippen LogP contribution in [-0.2, 0) is 16.0 Å². The number of rotatable bonds is 6. The van der Waals surface area contributed by atoms with Gasteiger partial charge in [0.25, 0.3) is 5.91 Å². The van der Waals surface area contributed by atoms with Gasteiger partial charge in [0.15, 0.2) is 0 Å². The zero-order chi connectivity index (χ0) is 18.4. The molecule has 6 heteroatoms. The molecule has 0 bridgehead atoms. The number of nitrogens with two attached hydrogens (primary N) is 1. The number of anilines is 1. The number of carbonyl (C=O) groups is 3. The Labute approximate surface area is 146 Å². The van der Waals surface area contributed by atoms with E-state index in [1.165, 1.54) is 6.92 Å². The topological polar surface area (TPSA) is 101 Å². The van der Waals surface area contributed by atoms with Gasteiger partial charge in [0.05, 0.1) is 0 Å². The van der Waals surface area contributed by atoms with Crippen molar-refractivity contribution in [2.75, 3.05) is 5.32 Å². The fourth-order valence-electron chi connectivity index (χ4n) is 2.37. The van der Waals surface area contributed by atoms with Gasteiger partial charge in [-0.2, -0.15) is 0 Å². The minimum atomic E-state index is -0.820. The standard InChI is InChI=1S/C19H21N3O3/c1-12-6-8-14(9-7-12)10-17(18(20)24)22-19(25)15-4-3-5-16(11-15)21-13(2)23/h3-9,11,17H,10H2,1-2H3,(H2,20,24)(H,21,23)(H,22,25)/t17-/m1/s1. The van der Waals surface area contributed by atoms with Crippen molar-refractivity contribution in [1.29, 1.82) is 0 Å². The highest BCUT2D eigenvalue weighted by atomic mass is 16.2. The second-order valence-corrected chi connectivity index (χ2v) is 5.88. The van der Waals surface area contributed by atoms with Crippen LogP contribution in [0.3, 0.4) is 0 Å². The van der Waals surface area contributed by atoms with Crippen molar-refractivity contribution < 1.29 is 14.4 Å². The van der Waals surface area contributed by atoms with Crippen molar-refractivity contribution in [2.24, 2.45) is 5.73 Å². The SMILES string of the molecule is CC(=O)Nc1cccc(C(=O)N[C@H](Cc2ccc(C)cc2)C(N)=O)c1. The van der Waals surface area contributed by atoms with E-state index in [4.69, 9.17) is 5.73 Å². The molecular formula is C19H21N3O3. The molecule has 0 saturated heterocycles. The van der Waals surface area contributed by atoms with Crippen LogP contribution in [0.5, 0.6) is 0 Å². The predicted octanol–water partition coefficient (Wildman–Crippen LogP) is 1.78. The van der Waals surface area contributed by atoms with Crippen LogP contribution in [-0.4, -0.2) is 23.8 Å². The molecule has 0 heterocycles. The Bertz CT molecular complexity index is 785. The van der Waals surface area contributed by atoms with Gasteiger partial charge in [-0.3, -0.25) is 14.4 Å². The summed E-state index contributed by atoms with van der Waals surface area (Å²) in [5.41, 5.74) is 8.28. The largest absolute Gasteiger partial charge is 0.368 e. The number of primary amides is 1. The van der Waals surface area contributed by atoms with Crippen LogP contribution >= 0.6 is 0 Å². The van der Waals surface area contributed by atoms with E-state index in [1.54, 1.807) is 24.3 Å². The fourth-order valence-corrected chi connectivity index (χ4v) is 2.37. The normalized spacial score (nSPS) is 11.4. The van der Waals surface area contributed by atoms with Crippen LogP contribution < -0.4 is 16.4 Å². The molecule has 2 aromatic rings. The van der Waals surface area contributed by atoms with Crippen LogP contribution in [0.25, 0.3) is 0 Å². The van der Waals surface area contributed by atoms with Crippen molar-refractivity contribution in [2.45, 2.75) is 26.3 Å². The van der Waals surface area contributed by atoms with Crippen LogP contribution in [0, 0.1) is 6.92 Å². The summed E-state index contributed by atoms with van der Waals surface area (Å²) in [6.07, 6.45) is 0.312. The van der Waals surface area contributed by atoms with Crippen molar-refractivity contribution in [3.8, 4) is 0 Å². The van der Waals surface area contributed by atoms with Gasteiger partial charge in [0, 0.05) is 24.6 Å². The minimum absolute atomic E-state index is 0.230. The maximum absolute atomic E-state index is 12.4. The highest BCUT2D eigenvalue weighted by Gasteiger charge is 2.19. The van der Waals surface area contributed by atoms with E-state index in [2.05, 4.69) is 10.6 Å². The lowest BCUT2D eigenvalue weighted by molar-refractivity contribution is -0.119. The molecule has 0 aliphatic heterocycles. The smallest absolute Gasteiger partial charge is 0.252 e. The third-order valence-electron chi connectivity index (χ3n) is 3.65. The fraction of sp³-hybridized carbons (Fsp3) is 0.211. The van der Waals surface area contributed by atoms with Crippen molar-refractivity contribution in [3.05, 3.63) is 65.2 Å². The summed E-state index contributed by atoms with van der Waals surface area (Å²) in [6.45, 7) is 3.36. The number of benzene rings is 2. The zero-order valence-electron chi connectivity index (χ0n) is 14.2. The molecule has 0 aliphatic carbocycles. The maximum Gasteiger partial charge on any atom is 0.252 e. The minimum Gasteiger partial charge on any atom is -0.368 e. The van der Waals surface area contributed by atoms with Gasteiger partial charge in [0.2, 0.25) is 11.8 Å². The average molecular weight is 339 g/mol. The quantitative estimate of drug-likeness (QED) is 0.747. The molecule has 0 fully saturated rings. The Balaban J connectivity index is 2.11. The molecule has 6 nitrogen and oxygen atoms in total. The number of aryl methyl sites for hydroxylation is 1. The Morgan fingerprint density at radius 1 is 1.08 bits per heavy atom. The summed E-state index contributed by atoms with van der Waals surface area (Å²) in [6, 6.07) is 13.3. The van der Waals surface area contributed by atoms with Crippen LogP contribution in [0.2, 0.25) is 0 Å².